The van der Waals surface area contributed by atoms with E-state index in [1.54, 1.807) is 0 Å². The second-order valence-corrected chi connectivity index (χ2v) is 9.48. The molecule has 0 aliphatic rings. The van der Waals surface area contributed by atoms with E-state index in [9.17, 15) is 0 Å². The molecule has 0 fully saturated rings. The highest BCUT2D eigenvalue weighted by Crippen LogP contribution is 2.59. The van der Waals surface area contributed by atoms with Crippen LogP contribution in [0.15, 0.2) is 0 Å². The summed E-state index contributed by atoms with van der Waals surface area (Å²) in [6.45, 7) is 16.6. The third-order valence-electron chi connectivity index (χ3n) is 2.07. The molecule has 0 aromatic heterocycles. The first-order valence-electron chi connectivity index (χ1n) is 4.97. The van der Waals surface area contributed by atoms with Gasteiger partial charge in [-0.3, -0.25) is 0 Å². The average molecular weight is 188 g/mol. The van der Waals surface area contributed by atoms with E-state index < -0.39 is 0 Å². The Morgan fingerprint density at radius 2 is 1.17 bits per heavy atom. The molecule has 0 nitrogen and oxygen atoms in total. The van der Waals surface area contributed by atoms with Crippen molar-refractivity contribution in [2.24, 2.45) is 0 Å². The zero-order valence-corrected chi connectivity index (χ0v) is 10.8. The smallest absolute Gasteiger partial charge is 0.0175 e. The molecule has 0 unspecified atom stereocenters. The molecule has 0 amide bonds. The molecular weight excluding hydrogens is 163 g/mol. The molecule has 0 aliphatic carbocycles. The Bertz CT molecular complexity index is 111. The normalized spacial score (nSPS) is 14.0. The Hall–Kier alpha value is 0.430. The van der Waals surface area contributed by atoms with Crippen LogP contribution in [0.5, 0.6) is 0 Å². The van der Waals surface area contributed by atoms with E-state index in [0.717, 1.165) is 0 Å². The molecule has 0 aliphatic heterocycles. The van der Waals surface area contributed by atoms with Crippen molar-refractivity contribution in [2.75, 3.05) is 6.16 Å². The Morgan fingerprint density at radius 3 is 1.25 bits per heavy atom. The SMILES string of the molecule is CCCP(C(C)(C)C)C(C)(C)C. The standard InChI is InChI=1S/C11H25P/c1-8-9-12(10(2,3)4)11(5,6)7/h8-9H2,1-7H3. The quantitative estimate of drug-likeness (QED) is 0.561. The van der Waals surface area contributed by atoms with Crippen molar-refractivity contribution in [1.29, 1.82) is 0 Å². The van der Waals surface area contributed by atoms with Gasteiger partial charge in [-0.2, -0.15) is 0 Å². The predicted octanol–water partition coefficient (Wildman–Crippen LogP) is 4.48. The van der Waals surface area contributed by atoms with Gasteiger partial charge in [-0.1, -0.05) is 62.8 Å². The van der Waals surface area contributed by atoms with E-state index in [1.807, 2.05) is 0 Å². The lowest BCUT2D eigenvalue weighted by atomic mass is 10.2. The van der Waals surface area contributed by atoms with E-state index in [-0.39, 0.29) is 7.92 Å². The van der Waals surface area contributed by atoms with Crippen LogP contribution in [-0.2, 0) is 0 Å². The maximum atomic E-state index is 2.39. The topological polar surface area (TPSA) is 0 Å². The summed E-state index contributed by atoms with van der Waals surface area (Å²) in [5.74, 6) is 0. The van der Waals surface area contributed by atoms with Gasteiger partial charge in [0.05, 0.1) is 0 Å². The van der Waals surface area contributed by atoms with Crippen LogP contribution in [0, 0.1) is 0 Å². The van der Waals surface area contributed by atoms with Crippen molar-refractivity contribution < 1.29 is 0 Å². The molecule has 0 spiro atoms. The first-order valence-corrected chi connectivity index (χ1v) is 6.50. The monoisotopic (exact) mass is 188 g/mol. The van der Waals surface area contributed by atoms with Gasteiger partial charge in [0.25, 0.3) is 0 Å². The summed E-state index contributed by atoms with van der Waals surface area (Å²) in [5, 5.41) is 1.03. The molecule has 1 heteroatoms. The van der Waals surface area contributed by atoms with Crippen LogP contribution in [0.1, 0.15) is 54.9 Å². The second kappa shape index (κ2) is 4.09. The Balaban J connectivity index is 4.45. The summed E-state index contributed by atoms with van der Waals surface area (Å²) < 4.78 is 0. The minimum absolute atomic E-state index is 0.157. The molecule has 0 aromatic rings. The Kier molecular flexibility index (Phi) is 4.24. The van der Waals surface area contributed by atoms with Gasteiger partial charge in [0.2, 0.25) is 0 Å². The summed E-state index contributed by atoms with van der Waals surface area (Å²) in [7, 11) is 0.157. The fourth-order valence-electron chi connectivity index (χ4n) is 1.90. The first-order chi connectivity index (χ1) is 5.19. The summed E-state index contributed by atoms with van der Waals surface area (Å²) in [4.78, 5) is 0. The highest BCUT2D eigenvalue weighted by atomic mass is 31.1. The number of hydrogen-bond acceptors (Lipinski definition) is 0. The Morgan fingerprint density at radius 1 is 0.833 bits per heavy atom. The van der Waals surface area contributed by atoms with Crippen LogP contribution in [0.3, 0.4) is 0 Å². The fourth-order valence-corrected chi connectivity index (χ4v) is 5.70. The molecule has 12 heavy (non-hydrogen) atoms. The van der Waals surface area contributed by atoms with Crippen molar-refractivity contribution in [3.8, 4) is 0 Å². The molecule has 0 aromatic carbocycles. The van der Waals surface area contributed by atoms with Crippen LogP contribution in [0.2, 0.25) is 0 Å². The van der Waals surface area contributed by atoms with Gasteiger partial charge in [-0.25, -0.2) is 0 Å². The maximum Gasteiger partial charge on any atom is -0.0175 e. The van der Waals surface area contributed by atoms with Gasteiger partial charge >= 0.3 is 0 Å². The lowest BCUT2D eigenvalue weighted by Crippen LogP contribution is -2.26. The van der Waals surface area contributed by atoms with Gasteiger partial charge in [-0.05, 0) is 16.5 Å². The lowest BCUT2D eigenvalue weighted by Gasteiger charge is -2.41. The summed E-state index contributed by atoms with van der Waals surface area (Å²) >= 11 is 0. The predicted molar refractivity (Wildman–Crippen MR) is 61.6 cm³/mol. The zero-order valence-electron chi connectivity index (χ0n) is 9.86. The van der Waals surface area contributed by atoms with Gasteiger partial charge < -0.3 is 0 Å². The summed E-state index contributed by atoms with van der Waals surface area (Å²) in [6.07, 6.45) is 2.75. The molecular formula is C11H25P. The third-order valence-corrected chi connectivity index (χ3v) is 6.20. The average Bonchev–Trinajstić information content (AvgIpc) is 1.77. The lowest BCUT2D eigenvalue weighted by molar-refractivity contribution is 0.701. The van der Waals surface area contributed by atoms with Gasteiger partial charge in [-0.15, -0.1) is 0 Å². The molecule has 0 saturated carbocycles. The van der Waals surface area contributed by atoms with E-state index in [2.05, 4.69) is 48.5 Å². The van der Waals surface area contributed by atoms with Crippen LogP contribution in [0.25, 0.3) is 0 Å². The molecule has 74 valence electrons. The van der Waals surface area contributed by atoms with Crippen molar-refractivity contribution >= 4 is 7.92 Å². The second-order valence-electron chi connectivity index (χ2n) is 5.49. The maximum absolute atomic E-state index is 2.39. The minimum atomic E-state index is 0.157. The molecule has 0 N–H and O–H groups in total. The van der Waals surface area contributed by atoms with Gasteiger partial charge in [0.1, 0.15) is 0 Å². The van der Waals surface area contributed by atoms with E-state index in [0.29, 0.717) is 10.3 Å². The van der Waals surface area contributed by atoms with Crippen LogP contribution < -0.4 is 0 Å². The third kappa shape index (κ3) is 3.90. The molecule has 0 bridgehead atoms. The number of hydrogen-bond donors (Lipinski definition) is 0. The first kappa shape index (κ1) is 12.4. The van der Waals surface area contributed by atoms with Crippen LogP contribution >= 0.6 is 7.92 Å². The highest BCUT2D eigenvalue weighted by Gasteiger charge is 2.32. The van der Waals surface area contributed by atoms with Crippen molar-refractivity contribution in [1.82, 2.24) is 0 Å². The molecule has 0 atom stereocenters. The zero-order chi connectivity index (χ0) is 9.99. The molecule has 0 saturated heterocycles. The van der Waals surface area contributed by atoms with Crippen LogP contribution in [-0.4, -0.2) is 16.5 Å². The van der Waals surface area contributed by atoms with Crippen molar-refractivity contribution in [3.63, 3.8) is 0 Å². The summed E-state index contributed by atoms with van der Waals surface area (Å²) in [6, 6.07) is 0. The molecule has 0 radical (unpaired) electrons. The fraction of sp³-hybridized carbons (Fsp3) is 1.00. The van der Waals surface area contributed by atoms with Crippen molar-refractivity contribution in [3.05, 3.63) is 0 Å². The Labute approximate surface area is 79.9 Å². The minimum Gasteiger partial charge on any atom is -0.0957 e. The van der Waals surface area contributed by atoms with Crippen molar-refractivity contribution in [2.45, 2.75) is 65.2 Å². The van der Waals surface area contributed by atoms with Gasteiger partial charge in [0.15, 0.2) is 0 Å². The van der Waals surface area contributed by atoms with Gasteiger partial charge in [0, 0.05) is 0 Å². The largest absolute Gasteiger partial charge is 0.0957 e. The van der Waals surface area contributed by atoms with E-state index >= 15 is 0 Å². The molecule has 0 rings (SSSR count). The van der Waals surface area contributed by atoms with Crippen LogP contribution in [0.4, 0.5) is 0 Å². The summed E-state index contributed by atoms with van der Waals surface area (Å²) in [5.41, 5.74) is 0. The van der Waals surface area contributed by atoms with E-state index in [4.69, 9.17) is 0 Å². The number of rotatable bonds is 2. The highest BCUT2D eigenvalue weighted by molar-refractivity contribution is 7.60. The van der Waals surface area contributed by atoms with E-state index in [1.165, 1.54) is 12.6 Å². The molecule has 0 heterocycles.